The van der Waals surface area contributed by atoms with Crippen molar-refractivity contribution < 1.29 is 13.2 Å². The second kappa shape index (κ2) is 8.77. The van der Waals surface area contributed by atoms with Crippen LogP contribution in [-0.2, 0) is 6.18 Å². The molecular weight excluding hydrogens is 447 g/mol. The molecule has 0 unspecified atom stereocenters. The predicted octanol–water partition coefficient (Wildman–Crippen LogP) is 6.27. The molecule has 0 aliphatic rings. The molecule has 0 aliphatic heterocycles. The lowest BCUT2D eigenvalue weighted by Gasteiger charge is -2.15. The van der Waals surface area contributed by atoms with Gasteiger partial charge in [0.05, 0.1) is 11.3 Å². The number of rotatable bonds is 6. The van der Waals surface area contributed by atoms with Crippen LogP contribution in [0.1, 0.15) is 25.8 Å². The summed E-state index contributed by atoms with van der Waals surface area (Å²) in [4.78, 5) is 13.0. The summed E-state index contributed by atoms with van der Waals surface area (Å²) < 4.78 is 39.6. The van der Waals surface area contributed by atoms with Crippen molar-refractivity contribution in [2.75, 3.05) is 10.6 Å². The maximum Gasteiger partial charge on any atom is 0.417 e. The average Bonchev–Trinajstić information content (AvgIpc) is 2.69. The molecule has 9 heteroatoms. The van der Waals surface area contributed by atoms with E-state index in [0.717, 1.165) is 18.1 Å². The van der Waals surface area contributed by atoms with Gasteiger partial charge in [0.15, 0.2) is 0 Å². The van der Waals surface area contributed by atoms with E-state index in [2.05, 4.69) is 41.5 Å². The zero-order valence-electron chi connectivity index (χ0n) is 15.8. The Morgan fingerprint density at radius 2 is 1.93 bits per heavy atom. The summed E-state index contributed by atoms with van der Waals surface area (Å²) in [5, 5.41) is 6.16. The van der Waals surface area contributed by atoms with Gasteiger partial charge in [-0.15, -0.1) is 0 Å². The van der Waals surface area contributed by atoms with Crippen molar-refractivity contribution in [3.8, 4) is 11.3 Å². The molecular formula is C20H19BrF3N5. The molecule has 0 saturated carbocycles. The highest BCUT2D eigenvalue weighted by atomic mass is 79.9. The molecule has 3 rings (SSSR count). The molecule has 1 atom stereocenters. The van der Waals surface area contributed by atoms with E-state index in [4.69, 9.17) is 0 Å². The Labute approximate surface area is 174 Å². The number of hydrogen-bond acceptors (Lipinski definition) is 5. The molecule has 0 spiro atoms. The maximum atomic E-state index is 13.2. The number of hydrogen-bond donors (Lipinski definition) is 2. The summed E-state index contributed by atoms with van der Waals surface area (Å²) in [6, 6.07) is 9.40. The van der Waals surface area contributed by atoms with Crippen LogP contribution in [0.15, 0.2) is 53.3 Å². The molecule has 152 valence electrons. The number of pyridine rings is 1. The highest BCUT2D eigenvalue weighted by Gasteiger charge is 2.33. The molecule has 0 aliphatic carbocycles. The van der Waals surface area contributed by atoms with Crippen LogP contribution >= 0.6 is 15.9 Å². The number of anilines is 3. The standard InChI is InChI=1S/C20H19BrF3N5/c1-3-12(2)26-19-28-17(13-5-4-8-25-11-13)10-18(29-19)27-14-6-7-16(21)15(9-14)20(22,23)24/h4-12H,3H2,1-2H3,(H2,26,27,28,29)/t12-/m1/s1. The third kappa shape index (κ3) is 5.44. The third-order valence-corrected chi connectivity index (χ3v) is 4.91. The van der Waals surface area contributed by atoms with Crippen molar-refractivity contribution in [3.05, 3.63) is 58.8 Å². The highest BCUT2D eigenvalue weighted by molar-refractivity contribution is 9.10. The predicted molar refractivity (Wildman–Crippen MR) is 111 cm³/mol. The molecule has 29 heavy (non-hydrogen) atoms. The zero-order chi connectivity index (χ0) is 21.0. The van der Waals surface area contributed by atoms with Crippen molar-refractivity contribution in [2.24, 2.45) is 0 Å². The maximum absolute atomic E-state index is 13.2. The lowest BCUT2D eigenvalue weighted by atomic mass is 10.2. The molecule has 3 aromatic rings. The minimum atomic E-state index is -4.47. The third-order valence-electron chi connectivity index (χ3n) is 4.22. The van der Waals surface area contributed by atoms with Crippen LogP contribution in [-0.4, -0.2) is 21.0 Å². The molecule has 0 fully saturated rings. The molecule has 2 heterocycles. The fraction of sp³-hybridized carbons (Fsp3) is 0.250. The Bertz CT molecular complexity index is 980. The van der Waals surface area contributed by atoms with Crippen LogP contribution in [0.2, 0.25) is 0 Å². The number of aromatic nitrogens is 3. The molecule has 2 N–H and O–H groups in total. The van der Waals surface area contributed by atoms with E-state index in [1.165, 1.54) is 6.07 Å². The van der Waals surface area contributed by atoms with Gasteiger partial charge in [-0.05, 0) is 43.7 Å². The van der Waals surface area contributed by atoms with Crippen molar-refractivity contribution in [1.82, 2.24) is 15.0 Å². The van der Waals surface area contributed by atoms with Gasteiger partial charge in [-0.1, -0.05) is 22.9 Å². The normalized spacial score (nSPS) is 12.5. The lowest BCUT2D eigenvalue weighted by molar-refractivity contribution is -0.138. The summed E-state index contributed by atoms with van der Waals surface area (Å²) >= 11 is 2.95. The van der Waals surface area contributed by atoms with Crippen molar-refractivity contribution in [1.29, 1.82) is 0 Å². The van der Waals surface area contributed by atoms with Gasteiger partial charge in [-0.3, -0.25) is 4.98 Å². The van der Waals surface area contributed by atoms with E-state index in [-0.39, 0.29) is 16.2 Å². The van der Waals surface area contributed by atoms with Crippen molar-refractivity contribution in [2.45, 2.75) is 32.5 Å². The van der Waals surface area contributed by atoms with Crippen LogP contribution in [0.25, 0.3) is 11.3 Å². The van der Waals surface area contributed by atoms with E-state index in [1.807, 2.05) is 19.9 Å². The Balaban J connectivity index is 1.99. The zero-order valence-corrected chi connectivity index (χ0v) is 17.3. The SMILES string of the molecule is CC[C@@H](C)Nc1nc(Nc2ccc(Br)c(C(F)(F)F)c2)cc(-c2cccnc2)n1. The van der Waals surface area contributed by atoms with Gasteiger partial charge >= 0.3 is 6.18 Å². The second-order valence-electron chi connectivity index (χ2n) is 6.47. The molecule has 0 saturated heterocycles. The molecule has 0 amide bonds. The van der Waals surface area contributed by atoms with Crippen LogP contribution in [0.3, 0.4) is 0 Å². The van der Waals surface area contributed by atoms with E-state index < -0.39 is 11.7 Å². The van der Waals surface area contributed by atoms with E-state index in [1.54, 1.807) is 30.6 Å². The molecule has 1 aromatic carbocycles. The first kappa shape index (κ1) is 21.0. The number of benzene rings is 1. The van der Waals surface area contributed by atoms with Crippen LogP contribution in [0, 0.1) is 0 Å². The van der Waals surface area contributed by atoms with Gasteiger partial charge in [0.25, 0.3) is 0 Å². The number of alkyl halides is 3. The first-order chi connectivity index (χ1) is 13.8. The average molecular weight is 466 g/mol. The summed E-state index contributed by atoms with van der Waals surface area (Å²) in [6.07, 6.45) is -0.277. The Morgan fingerprint density at radius 3 is 2.59 bits per heavy atom. The molecule has 5 nitrogen and oxygen atoms in total. The largest absolute Gasteiger partial charge is 0.417 e. The number of nitrogens with one attached hydrogen (secondary N) is 2. The van der Waals surface area contributed by atoms with Gasteiger partial charge < -0.3 is 10.6 Å². The van der Waals surface area contributed by atoms with Gasteiger partial charge in [-0.2, -0.15) is 18.2 Å². The van der Waals surface area contributed by atoms with Crippen molar-refractivity contribution >= 4 is 33.4 Å². The summed E-state index contributed by atoms with van der Waals surface area (Å²) in [5.41, 5.74) is 0.888. The summed E-state index contributed by atoms with van der Waals surface area (Å²) in [5.74, 6) is 0.761. The topological polar surface area (TPSA) is 62.7 Å². The van der Waals surface area contributed by atoms with Gasteiger partial charge in [0, 0.05) is 40.2 Å². The Kier molecular flexibility index (Phi) is 6.36. The minimum Gasteiger partial charge on any atom is -0.352 e. The van der Waals surface area contributed by atoms with Crippen LogP contribution in [0.5, 0.6) is 0 Å². The molecule has 0 bridgehead atoms. The summed E-state index contributed by atoms with van der Waals surface area (Å²) in [7, 11) is 0. The Morgan fingerprint density at radius 1 is 1.14 bits per heavy atom. The first-order valence-electron chi connectivity index (χ1n) is 8.96. The number of nitrogens with zero attached hydrogens (tertiary/aromatic N) is 3. The minimum absolute atomic E-state index is 0.0200. The van der Waals surface area contributed by atoms with Gasteiger partial charge in [-0.25, -0.2) is 4.98 Å². The Hall–Kier alpha value is -2.68. The molecule has 2 aromatic heterocycles. The smallest absolute Gasteiger partial charge is 0.352 e. The lowest BCUT2D eigenvalue weighted by Crippen LogP contribution is -2.16. The summed E-state index contributed by atoms with van der Waals surface area (Å²) in [6.45, 7) is 4.03. The van der Waals surface area contributed by atoms with E-state index in [0.29, 0.717) is 17.5 Å². The quantitative estimate of drug-likeness (QED) is 0.448. The van der Waals surface area contributed by atoms with Crippen LogP contribution in [0.4, 0.5) is 30.6 Å². The fourth-order valence-electron chi connectivity index (χ4n) is 2.53. The van der Waals surface area contributed by atoms with E-state index >= 15 is 0 Å². The van der Waals surface area contributed by atoms with Gasteiger partial charge in [0.1, 0.15) is 5.82 Å². The van der Waals surface area contributed by atoms with Crippen LogP contribution < -0.4 is 10.6 Å². The monoisotopic (exact) mass is 465 g/mol. The second-order valence-corrected chi connectivity index (χ2v) is 7.33. The van der Waals surface area contributed by atoms with Gasteiger partial charge in [0.2, 0.25) is 5.95 Å². The fourth-order valence-corrected chi connectivity index (χ4v) is 3.00. The molecule has 0 radical (unpaired) electrons. The number of halogens is 4. The van der Waals surface area contributed by atoms with Crippen molar-refractivity contribution in [3.63, 3.8) is 0 Å². The first-order valence-corrected chi connectivity index (χ1v) is 9.75. The van der Waals surface area contributed by atoms with E-state index in [9.17, 15) is 13.2 Å². The highest BCUT2D eigenvalue weighted by Crippen LogP contribution is 2.37.